The first-order valence-electron chi connectivity index (χ1n) is 4.65. The summed E-state index contributed by atoms with van der Waals surface area (Å²) in [6.45, 7) is 0. The van der Waals surface area contributed by atoms with E-state index >= 15 is 0 Å². The van der Waals surface area contributed by atoms with Gasteiger partial charge in [0.15, 0.2) is 5.75 Å². The van der Waals surface area contributed by atoms with E-state index < -0.39 is 0 Å². The van der Waals surface area contributed by atoms with Crippen LogP contribution in [-0.4, -0.2) is 0 Å². The second-order valence-electron chi connectivity index (χ2n) is 3.19. The predicted molar refractivity (Wildman–Crippen MR) is 67.4 cm³/mol. The Bertz CT molecular complexity index is 494. The molecule has 0 saturated heterocycles. The van der Waals surface area contributed by atoms with Crippen molar-refractivity contribution in [3.8, 4) is 11.5 Å². The lowest BCUT2D eigenvalue weighted by atomic mass is 10.3. The Kier molecular flexibility index (Phi) is 3.22. The number of benzene rings is 2. The van der Waals surface area contributed by atoms with Crippen LogP contribution in [0.5, 0.6) is 11.5 Å². The van der Waals surface area contributed by atoms with Gasteiger partial charge in [0.05, 0.1) is 15.7 Å². The molecular formula is C12H9Cl2NO. The molecule has 82 valence electrons. The Balaban J connectivity index is 2.38. The maximum absolute atomic E-state index is 5.98. The van der Waals surface area contributed by atoms with Gasteiger partial charge >= 0.3 is 0 Å². The average Bonchev–Trinajstić information content (AvgIpc) is 2.26. The SMILES string of the molecule is Nc1ccccc1Oc1c(Cl)cccc1Cl. The summed E-state index contributed by atoms with van der Waals surface area (Å²) < 4.78 is 5.58. The number of para-hydroxylation sites is 3. The fourth-order valence-electron chi connectivity index (χ4n) is 1.26. The summed E-state index contributed by atoms with van der Waals surface area (Å²) >= 11 is 12.0. The zero-order valence-corrected chi connectivity index (χ0v) is 9.79. The summed E-state index contributed by atoms with van der Waals surface area (Å²) in [5.74, 6) is 0.959. The molecule has 2 N–H and O–H groups in total. The molecule has 16 heavy (non-hydrogen) atoms. The van der Waals surface area contributed by atoms with Gasteiger partial charge in [-0.15, -0.1) is 0 Å². The molecule has 0 heterocycles. The van der Waals surface area contributed by atoms with Crippen molar-refractivity contribution in [1.82, 2.24) is 0 Å². The number of nitrogens with two attached hydrogens (primary N) is 1. The summed E-state index contributed by atoms with van der Waals surface area (Å²) in [5, 5.41) is 0.909. The maximum Gasteiger partial charge on any atom is 0.164 e. The summed E-state index contributed by atoms with van der Waals surface area (Å²) in [6.07, 6.45) is 0. The lowest BCUT2D eigenvalue weighted by Gasteiger charge is -2.10. The van der Waals surface area contributed by atoms with Gasteiger partial charge in [0.1, 0.15) is 5.75 Å². The van der Waals surface area contributed by atoms with Crippen molar-refractivity contribution < 1.29 is 4.74 Å². The van der Waals surface area contributed by atoms with Crippen LogP contribution in [0.2, 0.25) is 10.0 Å². The van der Waals surface area contributed by atoms with Crippen LogP contribution < -0.4 is 10.5 Å². The molecule has 2 rings (SSSR count). The van der Waals surface area contributed by atoms with Crippen LogP contribution in [0, 0.1) is 0 Å². The number of hydrogen-bond acceptors (Lipinski definition) is 2. The molecule has 0 aliphatic carbocycles. The smallest absolute Gasteiger partial charge is 0.164 e. The van der Waals surface area contributed by atoms with E-state index in [1.54, 1.807) is 30.3 Å². The molecule has 0 bridgehead atoms. The van der Waals surface area contributed by atoms with Crippen LogP contribution in [0.15, 0.2) is 42.5 Å². The van der Waals surface area contributed by atoms with Gasteiger partial charge in [-0.1, -0.05) is 41.4 Å². The average molecular weight is 254 g/mol. The van der Waals surface area contributed by atoms with Crippen molar-refractivity contribution in [3.63, 3.8) is 0 Å². The van der Waals surface area contributed by atoms with Gasteiger partial charge in [0.25, 0.3) is 0 Å². The fourth-order valence-corrected chi connectivity index (χ4v) is 1.74. The van der Waals surface area contributed by atoms with E-state index in [1.165, 1.54) is 0 Å². The van der Waals surface area contributed by atoms with Crippen LogP contribution in [0.4, 0.5) is 5.69 Å². The Labute approximate surface area is 104 Å². The summed E-state index contributed by atoms with van der Waals surface area (Å²) in [6, 6.07) is 12.3. The Morgan fingerprint density at radius 3 is 2.12 bits per heavy atom. The number of ether oxygens (including phenoxy) is 1. The molecule has 4 heteroatoms. The minimum atomic E-state index is 0.420. The molecular weight excluding hydrogens is 245 g/mol. The van der Waals surface area contributed by atoms with Crippen LogP contribution >= 0.6 is 23.2 Å². The van der Waals surface area contributed by atoms with Gasteiger partial charge in [0, 0.05) is 0 Å². The van der Waals surface area contributed by atoms with Crippen molar-refractivity contribution in [3.05, 3.63) is 52.5 Å². The van der Waals surface area contributed by atoms with E-state index in [2.05, 4.69) is 0 Å². The standard InChI is InChI=1S/C12H9Cl2NO/c13-8-4-3-5-9(14)12(8)16-11-7-2-1-6-10(11)15/h1-7H,15H2. The third kappa shape index (κ3) is 2.23. The molecule has 0 aliphatic heterocycles. The predicted octanol–water partition coefficient (Wildman–Crippen LogP) is 4.37. The van der Waals surface area contributed by atoms with Crippen LogP contribution in [0.25, 0.3) is 0 Å². The van der Waals surface area contributed by atoms with Crippen molar-refractivity contribution in [2.75, 3.05) is 5.73 Å². The lowest BCUT2D eigenvalue weighted by molar-refractivity contribution is 0.485. The first-order chi connectivity index (χ1) is 7.68. The minimum absolute atomic E-state index is 0.420. The van der Waals surface area contributed by atoms with Crippen molar-refractivity contribution in [1.29, 1.82) is 0 Å². The molecule has 0 atom stereocenters. The molecule has 0 spiro atoms. The topological polar surface area (TPSA) is 35.2 Å². The first-order valence-corrected chi connectivity index (χ1v) is 5.40. The molecule has 0 amide bonds. The van der Waals surface area contributed by atoms with Gasteiger partial charge in [-0.2, -0.15) is 0 Å². The van der Waals surface area contributed by atoms with E-state index in [1.807, 2.05) is 12.1 Å². The Morgan fingerprint density at radius 2 is 1.50 bits per heavy atom. The van der Waals surface area contributed by atoms with Gasteiger partial charge in [-0.25, -0.2) is 0 Å². The molecule has 0 aliphatic rings. The molecule has 0 radical (unpaired) electrons. The third-order valence-corrected chi connectivity index (χ3v) is 2.65. The van der Waals surface area contributed by atoms with E-state index in [4.69, 9.17) is 33.7 Å². The summed E-state index contributed by atoms with van der Waals surface area (Å²) in [5.41, 5.74) is 6.30. The molecule has 0 unspecified atom stereocenters. The van der Waals surface area contributed by atoms with E-state index in [0.29, 0.717) is 27.2 Å². The van der Waals surface area contributed by atoms with Crippen molar-refractivity contribution in [2.45, 2.75) is 0 Å². The normalized spacial score (nSPS) is 10.1. The monoisotopic (exact) mass is 253 g/mol. The number of halogens is 2. The fraction of sp³-hybridized carbons (Fsp3) is 0. The van der Waals surface area contributed by atoms with Gasteiger partial charge in [-0.05, 0) is 24.3 Å². The summed E-state index contributed by atoms with van der Waals surface area (Å²) in [4.78, 5) is 0. The quantitative estimate of drug-likeness (QED) is 0.807. The zero-order chi connectivity index (χ0) is 11.5. The number of rotatable bonds is 2. The Hall–Kier alpha value is -1.38. The number of anilines is 1. The summed E-state index contributed by atoms with van der Waals surface area (Å²) in [7, 11) is 0. The highest BCUT2D eigenvalue weighted by Crippen LogP contribution is 2.37. The van der Waals surface area contributed by atoms with Crippen LogP contribution in [0.3, 0.4) is 0 Å². The molecule has 2 aromatic rings. The first kappa shape index (κ1) is 11.1. The maximum atomic E-state index is 5.98. The van der Waals surface area contributed by atoms with E-state index in [-0.39, 0.29) is 0 Å². The number of nitrogen functional groups attached to an aromatic ring is 1. The third-order valence-electron chi connectivity index (χ3n) is 2.05. The second-order valence-corrected chi connectivity index (χ2v) is 4.01. The largest absolute Gasteiger partial charge is 0.452 e. The Morgan fingerprint density at radius 1 is 0.875 bits per heavy atom. The van der Waals surface area contributed by atoms with Gasteiger partial charge in [-0.3, -0.25) is 0 Å². The second kappa shape index (κ2) is 4.64. The van der Waals surface area contributed by atoms with Crippen molar-refractivity contribution in [2.24, 2.45) is 0 Å². The van der Waals surface area contributed by atoms with E-state index in [9.17, 15) is 0 Å². The molecule has 2 nitrogen and oxygen atoms in total. The van der Waals surface area contributed by atoms with Crippen molar-refractivity contribution >= 4 is 28.9 Å². The highest BCUT2D eigenvalue weighted by molar-refractivity contribution is 6.37. The van der Waals surface area contributed by atoms with Gasteiger partial charge < -0.3 is 10.5 Å². The van der Waals surface area contributed by atoms with Crippen LogP contribution in [0.1, 0.15) is 0 Å². The van der Waals surface area contributed by atoms with E-state index in [0.717, 1.165) is 0 Å². The molecule has 2 aromatic carbocycles. The highest BCUT2D eigenvalue weighted by Gasteiger charge is 2.09. The van der Waals surface area contributed by atoms with Crippen LogP contribution in [-0.2, 0) is 0 Å². The lowest BCUT2D eigenvalue weighted by Crippen LogP contribution is -1.92. The molecule has 0 aromatic heterocycles. The van der Waals surface area contributed by atoms with Gasteiger partial charge in [0.2, 0.25) is 0 Å². The molecule has 0 fully saturated rings. The zero-order valence-electron chi connectivity index (χ0n) is 8.28. The number of hydrogen-bond donors (Lipinski definition) is 1. The highest BCUT2D eigenvalue weighted by atomic mass is 35.5. The minimum Gasteiger partial charge on any atom is -0.452 e. The molecule has 0 saturated carbocycles.